The molecule has 2 heteroatoms. The lowest BCUT2D eigenvalue weighted by Crippen LogP contribution is -2.18. The number of carboxylic acid groups (broad SMARTS) is 1. The smallest absolute Gasteiger partial charge is 0.304 e. The second kappa shape index (κ2) is 4.97. The van der Waals surface area contributed by atoms with Crippen LogP contribution in [-0.2, 0) is 4.79 Å². The molecule has 0 amide bonds. The number of hydrogen-bond acceptors (Lipinski definition) is 1. The number of aliphatic carboxylic acids is 1. The maximum atomic E-state index is 10.7. The van der Waals surface area contributed by atoms with E-state index in [4.69, 9.17) is 5.11 Å². The van der Waals surface area contributed by atoms with Crippen molar-refractivity contribution in [2.45, 2.75) is 27.2 Å². The lowest BCUT2D eigenvalue weighted by molar-refractivity contribution is -0.138. The van der Waals surface area contributed by atoms with Crippen molar-refractivity contribution in [2.24, 2.45) is 5.41 Å². The Morgan fingerprint density at radius 1 is 1.31 bits per heavy atom. The summed E-state index contributed by atoms with van der Waals surface area (Å²) in [6.45, 7) is 5.89. The van der Waals surface area contributed by atoms with Gasteiger partial charge in [-0.3, -0.25) is 4.79 Å². The Bertz CT molecular complexity index is 388. The van der Waals surface area contributed by atoms with Crippen LogP contribution in [0.4, 0.5) is 0 Å². The molecular formula is C14H18O2. The van der Waals surface area contributed by atoms with Gasteiger partial charge in [-0.2, -0.15) is 0 Å². The van der Waals surface area contributed by atoms with Gasteiger partial charge in [0.15, 0.2) is 0 Å². The molecule has 16 heavy (non-hydrogen) atoms. The first-order chi connectivity index (χ1) is 7.42. The van der Waals surface area contributed by atoms with Crippen molar-refractivity contribution in [3.8, 4) is 0 Å². The maximum absolute atomic E-state index is 10.7. The maximum Gasteiger partial charge on any atom is 0.304 e. The van der Waals surface area contributed by atoms with Gasteiger partial charge in [-0.25, -0.2) is 0 Å². The molecule has 0 fully saturated rings. The van der Waals surface area contributed by atoms with Gasteiger partial charge in [-0.15, -0.1) is 0 Å². The van der Waals surface area contributed by atoms with Gasteiger partial charge in [-0.1, -0.05) is 55.8 Å². The van der Waals surface area contributed by atoms with Crippen LogP contribution in [0.5, 0.6) is 0 Å². The van der Waals surface area contributed by atoms with Crippen LogP contribution < -0.4 is 0 Å². The number of carbonyl (C=O) groups is 1. The van der Waals surface area contributed by atoms with Gasteiger partial charge in [0.05, 0.1) is 6.42 Å². The zero-order chi connectivity index (χ0) is 12.2. The highest BCUT2D eigenvalue weighted by Crippen LogP contribution is 2.31. The fraction of sp³-hybridized carbons (Fsp3) is 0.357. The molecule has 1 rings (SSSR count). The Morgan fingerprint density at radius 2 is 1.88 bits per heavy atom. The summed E-state index contributed by atoms with van der Waals surface area (Å²) >= 11 is 0. The fourth-order valence-corrected chi connectivity index (χ4v) is 1.51. The average Bonchev–Trinajstić information content (AvgIpc) is 2.17. The molecule has 0 saturated carbocycles. The van der Waals surface area contributed by atoms with E-state index in [-0.39, 0.29) is 11.8 Å². The average molecular weight is 218 g/mol. The molecule has 86 valence electrons. The van der Waals surface area contributed by atoms with E-state index in [9.17, 15) is 4.79 Å². The van der Waals surface area contributed by atoms with Crippen LogP contribution in [0.1, 0.15) is 32.8 Å². The van der Waals surface area contributed by atoms with Crippen LogP contribution in [0.2, 0.25) is 0 Å². The standard InChI is InChI=1S/C14H18O2/c1-11(14(2,3)10-13(15)16)9-12-7-5-4-6-8-12/h4-9H,10H2,1-3H3,(H,15,16)/b11-9+. The van der Waals surface area contributed by atoms with Gasteiger partial charge < -0.3 is 5.11 Å². The quantitative estimate of drug-likeness (QED) is 0.838. The molecule has 0 bridgehead atoms. The van der Waals surface area contributed by atoms with Gasteiger partial charge in [0.1, 0.15) is 0 Å². The number of allylic oxidation sites excluding steroid dienone is 1. The van der Waals surface area contributed by atoms with E-state index in [1.165, 1.54) is 0 Å². The van der Waals surface area contributed by atoms with Crippen LogP contribution in [0.15, 0.2) is 35.9 Å². The minimum absolute atomic E-state index is 0.155. The highest BCUT2D eigenvalue weighted by molar-refractivity contribution is 5.69. The zero-order valence-corrected chi connectivity index (χ0v) is 10.0. The summed E-state index contributed by atoms with van der Waals surface area (Å²) in [5.74, 6) is -0.759. The summed E-state index contributed by atoms with van der Waals surface area (Å²) in [6.07, 6.45) is 2.20. The third-order valence-electron chi connectivity index (χ3n) is 2.84. The van der Waals surface area contributed by atoms with Crippen molar-refractivity contribution < 1.29 is 9.90 Å². The molecule has 0 spiro atoms. The van der Waals surface area contributed by atoms with Gasteiger partial charge in [-0.05, 0) is 17.9 Å². The van der Waals surface area contributed by atoms with E-state index in [1.54, 1.807) is 0 Å². The highest BCUT2D eigenvalue weighted by Gasteiger charge is 2.23. The van der Waals surface area contributed by atoms with Crippen molar-refractivity contribution in [3.05, 3.63) is 41.5 Å². The van der Waals surface area contributed by atoms with Crippen LogP contribution in [0.25, 0.3) is 6.08 Å². The Balaban J connectivity index is 2.88. The van der Waals surface area contributed by atoms with Crippen molar-refractivity contribution in [3.63, 3.8) is 0 Å². The van der Waals surface area contributed by atoms with Gasteiger partial charge in [0, 0.05) is 0 Å². The summed E-state index contributed by atoms with van der Waals surface area (Å²) in [4.78, 5) is 10.7. The van der Waals surface area contributed by atoms with Gasteiger partial charge >= 0.3 is 5.97 Å². The number of carboxylic acids is 1. The number of hydrogen-bond donors (Lipinski definition) is 1. The monoisotopic (exact) mass is 218 g/mol. The largest absolute Gasteiger partial charge is 0.481 e. The molecule has 0 heterocycles. The van der Waals surface area contributed by atoms with Gasteiger partial charge in [0.25, 0.3) is 0 Å². The third kappa shape index (κ3) is 3.54. The topological polar surface area (TPSA) is 37.3 Å². The predicted molar refractivity (Wildman–Crippen MR) is 66.1 cm³/mol. The summed E-state index contributed by atoms with van der Waals surface area (Å²) in [6, 6.07) is 9.95. The van der Waals surface area contributed by atoms with Crippen LogP contribution in [0.3, 0.4) is 0 Å². The molecule has 0 radical (unpaired) electrons. The van der Waals surface area contributed by atoms with E-state index in [0.717, 1.165) is 11.1 Å². The first-order valence-electron chi connectivity index (χ1n) is 5.37. The normalized spacial score (nSPS) is 12.6. The second-order valence-corrected chi connectivity index (χ2v) is 4.69. The minimum atomic E-state index is -0.759. The Hall–Kier alpha value is -1.57. The van der Waals surface area contributed by atoms with E-state index < -0.39 is 5.97 Å². The number of benzene rings is 1. The zero-order valence-electron chi connectivity index (χ0n) is 10.0. The molecule has 1 N–H and O–H groups in total. The van der Waals surface area contributed by atoms with Crippen molar-refractivity contribution in [2.75, 3.05) is 0 Å². The van der Waals surface area contributed by atoms with Gasteiger partial charge in [0.2, 0.25) is 0 Å². The van der Waals surface area contributed by atoms with E-state index in [2.05, 4.69) is 0 Å². The fourth-order valence-electron chi connectivity index (χ4n) is 1.51. The summed E-state index contributed by atoms with van der Waals surface area (Å²) in [7, 11) is 0. The number of rotatable bonds is 4. The molecule has 0 saturated heterocycles. The molecule has 0 atom stereocenters. The first kappa shape index (κ1) is 12.5. The summed E-state index contributed by atoms with van der Waals surface area (Å²) in [5.41, 5.74) is 1.89. The molecule has 1 aromatic carbocycles. The second-order valence-electron chi connectivity index (χ2n) is 4.69. The van der Waals surface area contributed by atoms with Crippen molar-refractivity contribution in [1.29, 1.82) is 0 Å². The van der Waals surface area contributed by atoms with Crippen molar-refractivity contribution in [1.82, 2.24) is 0 Å². The van der Waals surface area contributed by atoms with Crippen LogP contribution in [-0.4, -0.2) is 11.1 Å². The van der Waals surface area contributed by atoms with E-state index in [0.29, 0.717) is 0 Å². The molecule has 0 aliphatic carbocycles. The molecule has 1 aromatic rings. The van der Waals surface area contributed by atoms with Crippen molar-refractivity contribution >= 4 is 12.0 Å². The first-order valence-corrected chi connectivity index (χ1v) is 5.37. The molecule has 0 aliphatic heterocycles. The summed E-state index contributed by atoms with van der Waals surface area (Å²) in [5, 5.41) is 8.84. The molecular weight excluding hydrogens is 200 g/mol. The molecule has 0 aromatic heterocycles. The summed E-state index contributed by atoms with van der Waals surface area (Å²) < 4.78 is 0. The third-order valence-corrected chi connectivity index (χ3v) is 2.84. The van der Waals surface area contributed by atoms with Crippen LogP contribution in [0, 0.1) is 5.41 Å². The lowest BCUT2D eigenvalue weighted by atomic mass is 9.81. The highest BCUT2D eigenvalue weighted by atomic mass is 16.4. The Morgan fingerprint density at radius 3 is 2.38 bits per heavy atom. The van der Waals surface area contributed by atoms with E-state index >= 15 is 0 Å². The SMILES string of the molecule is C/C(=C\c1ccccc1)C(C)(C)CC(=O)O. The lowest BCUT2D eigenvalue weighted by Gasteiger charge is -2.23. The Kier molecular flexibility index (Phi) is 3.88. The molecule has 0 aliphatic rings. The predicted octanol–water partition coefficient (Wildman–Crippen LogP) is 3.59. The molecule has 0 unspecified atom stereocenters. The van der Waals surface area contributed by atoms with E-state index in [1.807, 2.05) is 57.2 Å². The molecule has 2 nitrogen and oxygen atoms in total. The van der Waals surface area contributed by atoms with Crippen LogP contribution >= 0.6 is 0 Å². The Labute approximate surface area is 96.6 Å². The minimum Gasteiger partial charge on any atom is -0.481 e.